The molecule has 0 saturated heterocycles. The van der Waals surface area contributed by atoms with E-state index in [-0.39, 0.29) is 0 Å². The van der Waals surface area contributed by atoms with Crippen molar-refractivity contribution in [2.45, 2.75) is 6.54 Å². The summed E-state index contributed by atoms with van der Waals surface area (Å²) in [6, 6.07) is 9.65. The van der Waals surface area contributed by atoms with E-state index in [1.165, 1.54) is 4.88 Å². The van der Waals surface area contributed by atoms with Crippen LogP contribution in [0.3, 0.4) is 0 Å². The quantitative estimate of drug-likeness (QED) is 0.718. The van der Waals surface area contributed by atoms with Gasteiger partial charge in [-0.3, -0.25) is 4.98 Å². The molecule has 0 spiro atoms. The van der Waals surface area contributed by atoms with Gasteiger partial charge in [-0.15, -0.1) is 11.3 Å². The predicted octanol–water partition coefficient (Wildman–Crippen LogP) is 5.22. The number of nitrogens with zero attached hydrogens (tertiary/aromatic N) is 1. The number of halogens is 2. The van der Waals surface area contributed by atoms with Gasteiger partial charge in [0.2, 0.25) is 0 Å². The number of nitrogens with one attached hydrogen (secondary N) is 1. The standard InChI is InChI=1S/C14H10Cl2N2S/c15-9-6-10(19-8-9)7-18-13-4-3-12(16)11-2-1-5-17-14(11)13/h1-6,8,18H,7H2. The second kappa shape index (κ2) is 5.37. The van der Waals surface area contributed by atoms with E-state index in [0.29, 0.717) is 5.02 Å². The fourth-order valence-electron chi connectivity index (χ4n) is 1.91. The van der Waals surface area contributed by atoms with Gasteiger partial charge in [-0.05, 0) is 30.3 Å². The molecule has 3 aromatic rings. The van der Waals surface area contributed by atoms with Crippen molar-refractivity contribution in [2.75, 3.05) is 5.32 Å². The Morgan fingerprint density at radius 3 is 2.89 bits per heavy atom. The summed E-state index contributed by atoms with van der Waals surface area (Å²) in [6.45, 7) is 0.727. The zero-order valence-electron chi connectivity index (χ0n) is 9.86. The highest BCUT2D eigenvalue weighted by Gasteiger charge is 2.06. The lowest BCUT2D eigenvalue weighted by Crippen LogP contribution is -1.99. The smallest absolute Gasteiger partial charge is 0.0948 e. The Bertz CT molecular complexity index is 724. The second-order valence-electron chi connectivity index (χ2n) is 4.08. The minimum absolute atomic E-state index is 0.716. The topological polar surface area (TPSA) is 24.9 Å². The highest BCUT2D eigenvalue weighted by molar-refractivity contribution is 7.10. The lowest BCUT2D eigenvalue weighted by Gasteiger charge is -2.09. The van der Waals surface area contributed by atoms with Crippen LogP contribution in [0.15, 0.2) is 41.9 Å². The van der Waals surface area contributed by atoms with Crippen LogP contribution in [0.25, 0.3) is 10.9 Å². The molecule has 0 aliphatic carbocycles. The van der Waals surface area contributed by atoms with E-state index in [1.807, 2.05) is 35.7 Å². The van der Waals surface area contributed by atoms with E-state index in [0.717, 1.165) is 28.2 Å². The molecule has 1 aromatic carbocycles. The molecule has 0 fully saturated rings. The predicted molar refractivity (Wildman–Crippen MR) is 83.4 cm³/mol. The Morgan fingerprint density at radius 1 is 1.21 bits per heavy atom. The van der Waals surface area contributed by atoms with Crippen LogP contribution >= 0.6 is 34.5 Å². The van der Waals surface area contributed by atoms with Crippen molar-refractivity contribution in [3.05, 3.63) is 56.8 Å². The second-order valence-corrected chi connectivity index (χ2v) is 5.92. The van der Waals surface area contributed by atoms with Gasteiger partial charge in [0.25, 0.3) is 0 Å². The molecular formula is C14H10Cl2N2S. The van der Waals surface area contributed by atoms with Gasteiger partial charge in [0, 0.05) is 28.4 Å². The first-order chi connectivity index (χ1) is 9.24. The molecule has 0 radical (unpaired) electrons. The number of anilines is 1. The van der Waals surface area contributed by atoms with E-state index in [1.54, 1.807) is 17.5 Å². The third kappa shape index (κ3) is 2.68. The van der Waals surface area contributed by atoms with E-state index in [2.05, 4.69) is 10.3 Å². The van der Waals surface area contributed by atoms with Crippen molar-refractivity contribution in [2.24, 2.45) is 0 Å². The van der Waals surface area contributed by atoms with Crippen molar-refractivity contribution in [1.82, 2.24) is 4.98 Å². The van der Waals surface area contributed by atoms with Gasteiger partial charge in [-0.25, -0.2) is 0 Å². The fraction of sp³-hybridized carbons (Fsp3) is 0.0714. The molecule has 0 aliphatic heterocycles. The summed E-state index contributed by atoms with van der Waals surface area (Å²) >= 11 is 13.7. The third-order valence-corrected chi connectivity index (χ3v) is 4.41. The van der Waals surface area contributed by atoms with Crippen LogP contribution in [0.2, 0.25) is 10.0 Å². The first-order valence-corrected chi connectivity index (χ1v) is 7.37. The summed E-state index contributed by atoms with van der Waals surface area (Å²) in [5.41, 5.74) is 1.86. The first kappa shape index (κ1) is 12.7. The fourth-order valence-corrected chi connectivity index (χ4v) is 3.14. The van der Waals surface area contributed by atoms with E-state index in [4.69, 9.17) is 23.2 Å². The molecule has 0 unspecified atom stereocenters. The molecule has 3 rings (SSSR count). The number of benzene rings is 1. The van der Waals surface area contributed by atoms with Crippen LogP contribution in [0.4, 0.5) is 5.69 Å². The number of hydrogen-bond acceptors (Lipinski definition) is 3. The molecule has 0 aliphatic rings. The zero-order chi connectivity index (χ0) is 13.2. The van der Waals surface area contributed by atoms with Crippen molar-refractivity contribution in [1.29, 1.82) is 0 Å². The summed E-state index contributed by atoms with van der Waals surface area (Å²) in [6.07, 6.45) is 1.77. The zero-order valence-corrected chi connectivity index (χ0v) is 12.2. The van der Waals surface area contributed by atoms with E-state index >= 15 is 0 Å². The highest BCUT2D eigenvalue weighted by Crippen LogP contribution is 2.29. The minimum Gasteiger partial charge on any atom is -0.378 e. The summed E-state index contributed by atoms with van der Waals surface area (Å²) in [4.78, 5) is 5.57. The van der Waals surface area contributed by atoms with Crippen LogP contribution in [0.1, 0.15) is 4.88 Å². The monoisotopic (exact) mass is 308 g/mol. The van der Waals surface area contributed by atoms with Crippen molar-refractivity contribution in [3.63, 3.8) is 0 Å². The molecular weight excluding hydrogens is 299 g/mol. The van der Waals surface area contributed by atoms with Crippen molar-refractivity contribution < 1.29 is 0 Å². The first-order valence-electron chi connectivity index (χ1n) is 5.74. The summed E-state index contributed by atoms with van der Waals surface area (Å²) < 4.78 is 0. The highest BCUT2D eigenvalue weighted by atomic mass is 35.5. The van der Waals surface area contributed by atoms with Gasteiger partial charge in [0.1, 0.15) is 0 Å². The molecule has 1 N–H and O–H groups in total. The summed E-state index contributed by atoms with van der Waals surface area (Å²) in [5.74, 6) is 0. The lowest BCUT2D eigenvalue weighted by molar-refractivity contribution is 1.19. The van der Waals surface area contributed by atoms with E-state index < -0.39 is 0 Å². The Labute approximate surface area is 125 Å². The van der Waals surface area contributed by atoms with E-state index in [9.17, 15) is 0 Å². The number of rotatable bonds is 3. The Balaban J connectivity index is 1.91. The maximum Gasteiger partial charge on any atom is 0.0948 e. The molecule has 96 valence electrons. The number of aromatic nitrogens is 1. The largest absolute Gasteiger partial charge is 0.378 e. The number of hydrogen-bond donors (Lipinski definition) is 1. The number of pyridine rings is 1. The van der Waals surface area contributed by atoms with Crippen LogP contribution in [-0.2, 0) is 6.54 Å². The van der Waals surface area contributed by atoms with Gasteiger partial charge in [-0.1, -0.05) is 23.2 Å². The molecule has 5 heteroatoms. The SMILES string of the molecule is Clc1csc(CNc2ccc(Cl)c3cccnc23)c1. The Kier molecular flexibility index (Phi) is 3.60. The van der Waals surface area contributed by atoms with Crippen LogP contribution < -0.4 is 5.32 Å². The maximum atomic E-state index is 6.17. The van der Waals surface area contributed by atoms with Gasteiger partial charge >= 0.3 is 0 Å². The minimum atomic E-state index is 0.716. The molecule has 19 heavy (non-hydrogen) atoms. The van der Waals surface area contributed by atoms with Gasteiger partial charge < -0.3 is 5.32 Å². The molecule has 2 aromatic heterocycles. The normalized spacial score (nSPS) is 10.8. The van der Waals surface area contributed by atoms with Gasteiger partial charge in [-0.2, -0.15) is 0 Å². The average molecular weight is 309 g/mol. The van der Waals surface area contributed by atoms with Crippen LogP contribution in [0.5, 0.6) is 0 Å². The van der Waals surface area contributed by atoms with Gasteiger partial charge in [0.05, 0.1) is 21.2 Å². The molecule has 0 amide bonds. The van der Waals surface area contributed by atoms with Gasteiger partial charge in [0.15, 0.2) is 0 Å². The summed E-state index contributed by atoms with van der Waals surface area (Å²) in [5, 5.41) is 7.75. The van der Waals surface area contributed by atoms with Crippen molar-refractivity contribution in [3.8, 4) is 0 Å². The lowest BCUT2D eigenvalue weighted by atomic mass is 10.2. The Morgan fingerprint density at radius 2 is 2.11 bits per heavy atom. The maximum absolute atomic E-state index is 6.17. The molecule has 0 atom stereocenters. The summed E-state index contributed by atoms with van der Waals surface area (Å²) in [7, 11) is 0. The van der Waals surface area contributed by atoms with Crippen molar-refractivity contribution >= 4 is 51.1 Å². The molecule has 0 saturated carbocycles. The van der Waals surface area contributed by atoms with Crippen LogP contribution in [-0.4, -0.2) is 4.98 Å². The molecule has 2 nitrogen and oxygen atoms in total. The number of thiophene rings is 1. The average Bonchev–Trinajstić information content (AvgIpc) is 2.84. The Hall–Kier alpha value is -1.29. The van der Waals surface area contributed by atoms with Crippen LogP contribution in [0, 0.1) is 0 Å². The third-order valence-electron chi connectivity index (χ3n) is 2.79. The number of fused-ring (bicyclic) bond motifs is 1. The molecule has 2 heterocycles. The molecule has 0 bridgehead atoms.